The number of hydrogen-bond donors (Lipinski definition) is 1. The van der Waals surface area contributed by atoms with Crippen molar-refractivity contribution < 1.29 is 9.90 Å². The number of aliphatic carboxylic acids is 1. The molecule has 0 radical (unpaired) electrons. The van der Waals surface area contributed by atoms with Crippen LogP contribution >= 0.6 is 0 Å². The van der Waals surface area contributed by atoms with Gasteiger partial charge in [-0.1, -0.05) is 71.1 Å². The predicted octanol–water partition coefficient (Wildman–Crippen LogP) is 4.12. The maximum atomic E-state index is 10.3. The molecule has 0 spiro atoms. The molecular formula is C14H29NaO2. The number of hydrogen-bond acceptors (Lipinski definition) is 1. The van der Waals surface area contributed by atoms with E-state index in [1.807, 2.05) is 0 Å². The van der Waals surface area contributed by atoms with E-state index in [0.29, 0.717) is 6.42 Å². The quantitative estimate of drug-likeness (QED) is 0.419. The molecule has 1 N–H and O–H groups in total. The molecule has 3 heteroatoms. The standard InChI is InChI=1S/C14H28O2.Na.H/c1-2-3-4-5-6-7-8-9-10-11-12-13-14(15)16;;/h2-13H2,1H3,(H,15,16);;. The Morgan fingerprint density at radius 3 is 1.47 bits per heavy atom. The van der Waals surface area contributed by atoms with Gasteiger partial charge in [0.05, 0.1) is 0 Å². The molecule has 0 aliphatic heterocycles. The van der Waals surface area contributed by atoms with Gasteiger partial charge in [0.15, 0.2) is 0 Å². The van der Waals surface area contributed by atoms with Crippen LogP contribution in [-0.2, 0) is 4.79 Å². The summed E-state index contributed by atoms with van der Waals surface area (Å²) in [6.07, 6.45) is 14.4. The third-order valence-electron chi connectivity index (χ3n) is 2.99. The van der Waals surface area contributed by atoms with Crippen molar-refractivity contribution in [2.45, 2.75) is 84.0 Å². The number of carbonyl (C=O) groups is 1. The average molecular weight is 252 g/mol. The Bertz CT molecular complexity index is 160. The summed E-state index contributed by atoms with van der Waals surface area (Å²) in [5, 5.41) is 8.46. The van der Waals surface area contributed by atoms with Gasteiger partial charge in [-0.15, -0.1) is 0 Å². The van der Waals surface area contributed by atoms with Crippen LogP contribution in [-0.4, -0.2) is 40.6 Å². The SMILES string of the molecule is CCCCCCCCCCCCCC(=O)O.[NaH]. The summed E-state index contributed by atoms with van der Waals surface area (Å²) in [6.45, 7) is 2.25. The van der Waals surface area contributed by atoms with Crippen LogP contribution in [0.1, 0.15) is 84.0 Å². The number of unbranched alkanes of at least 4 members (excludes halogenated alkanes) is 10. The zero-order chi connectivity index (χ0) is 12.1. The van der Waals surface area contributed by atoms with Gasteiger partial charge in [0.1, 0.15) is 0 Å². The molecule has 0 saturated carbocycles. The van der Waals surface area contributed by atoms with Gasteiger partial charge in [-0.3, -0.25) is 4.79 Å². The minimum atomic E-state index is -0.657. The van der Waals surface area contributed by atoms with Crippen molar-refractivity contribution in [1.29, 1.82) is 0 Å². The molecule has 98 valence electrons. The van der Waals surface area contributed by atoms with E-state index < -0.39 is 5.97 Å². The molecule has 0 rings (SSSR count). The summed E-state index contributed by atoms with van der Waals surface area (Å²) in [5.74, 6) is -0.657. The van der Waals surface area contributed by atoms with Gasteiger partial charge in [0, 0.05) is 6.42 Å². The second kappa shape index (κ2) is 16.5. The number of rotatable bonds is 12. The summed E-state index contributed by atoms with van der Waals surface area (Å²) in [6, 6.07) is 0. The molecule has 0 bridgehead atoms. The Morgan fingerprint density at radius 2 is 1.12 bits per heavy atom. The van der Waals surface area contributed by atoms with Crippen molar-refractivity contribution in [3.63, 3.8) is 0 Å². The summed E-state index contributed by atoms with van der Waals surface area (Å²) in [4.78, 5) is 10.3. The van der Waals surface area contributed by atoms with Crippen molar-refractivity contribution in [3.05, 3.63) is 0 Å². The summed E-state index contributed by atoms with van der Waals surface area (Å²) >= 11 is 0. The molecule has 0 aliphatic carbocycles. The van der Waals surface area contributed by atoms with Crippen LogP contribution in [0.15, 0.2) is 0 Å². The molecule has 2 nitrogen and oxygen atoms in total. The Kier molecular flexibility index (Phi) is 19.2. The van der Waals surface area contributed by atoms with Crippen LogP contribution in [0.25, 0.3) is 0 Å². The first-order chi connectivity index (χ1) is 7.77. The first kappa shape index (κ1) is 19.8. The van der Waals surface area contributed by atoms with Crippen LogP contribution in [0.2, 0.25) is 0 Å². The monoisotopic (exact) mass is 252 g/mol. The topological polar surface area (TPSA) is 37.3 Å². The molecule has 0 aromatic heterocycles. The van der Waals surface area contributed by atoms with Crippen LogP contribution in [0.5, 0.6) is 0 Å². The van der Waals surface area contributed by atoms with E-state index in [1.165, 1.54) is 57.8 Å². The minimum absolute atomic E-state index is 0. The van der Waals surface area contributed by atoms with Crippen LogP contribution in [0, 0.1) is 0 Å². The fraction of sp³-hybridized carbons (Fsp3) is 0.929. The maximum absolute atomic E-state index is 10.3. The third-order valence-corrected chi connectivity index (χ3v) is 2.99. The van der Waals surface area contributed by atoms with Crippen molar-refractivity contribution in [1.82, 2.24) is 0 Å². The van der Waals surface area contributed by atoms with Crippen molar-refractivity contribution >= 4 is 35.5 Å². The van der Waals surface area contributed by atoms with E-state index in [2.05, 4.69) is 6.92 Å². The van der Waals surface area contributed by atoms with E-state index in [-0.39, 0.29) is 29.6 Å². The molecule has 0 aliphatic rings. The molecule has 0 fully saturated rings. The third kappa shape index (κ3) is 19.0. The molecule has 17 heavy (non-hydrogen) atoms. The molecule has 0 unspecified atom stereocenters. The average Bonchev–Trinajstić information content (AvgIpc) is 2.25. The fourth-order valence-corrected chi connectivity index (χ4v) is 1.94. The first-order valence-corrected chi connectivity index (χ1v) is 6.99. The van der Waals surface area contributed by atoms with Crippen molar-refractivity contribution in [2.75, 3.05) is 0 Å². The van der Waals surface area contributed by atoms with E-state index >= 15 is 0 Å². The zero-order valence-corrected chi connectivity index (χ0v) is 10.8. The van der Waals surface area contributed by atoms with Gasteiger partial charge in [0.25, 0.3) is 0 Å². The van der Waals surface area contributed by atoms with E-state index in [9.17, 15) is 4.79 Å². The Hall–Kier alpha value is 0.470. The van der Waals surface area contributed by atoms with Gasteiger partial charge in [-0.2, -0.15) is 0 Å². The van der Waals surface area contributed by atoms with Gasteiger partial charge >= 0.3 is 35.5 Å². The molecule has 0 saturated heterocycles. The van der Waals surface area contributed by atoms with E-state index in [4.69, 9.17) is 5.11 Å². The summed E-state index contributed by atoms with van der Waals surface area (Å²) < 4.78 is 0. The Balaban J connectivity index is 0. The van der Waals surface area contributed by atoms with Gasteiger partial charge in [0.2, 0.25) is 0 Å². The van der Waals surface area contributed by atoms with E-state index in [0.717, 1.165) is 12.8 Å². The summed E-state index contributed by atoms with van der Waals surface area (Å²) in [7, 11) is 0. The predicted molar refractivity (Wildman–Crippen MR) is 75.9 cm³/mol. The van der Waals surface area contributed by atoms with Crippen molar-refractivity contribution in [3.8, 4) is 0 Å². The second-order valence-electron chi connectivity index (χ2n) is 4.68. The van der Waals surface area contributed by atoms with Gasteiger partial charge in [-0.05, 0) is 6.42 Å². The Morgan fingerprint density at radius 1 is 0.765 bits per heavy atom. The molecule has 0 atom stereocenters. The Labute approximate surface area is 129 Å². The van der Waals surface area contributed by atoms with Crippen molar-refractivity contribution in [2.24, 2.45) is 0 Å². The second-order valence-corrected chi connectivity index (χ2v) is 4.68. The number of carboxylic acids is 1. The van der Waals surface area contributed by atoms with E-state index in [1.54, 1.807) is 0 Å². The molecule has 0 amide bonds. The molecule has 0 aromatic carbocycles. The fourth-order valence-electron chi connectivity index (χ4n) is 1.94. The summed E-state index contributed by atoms with van der Waals surface area (Å²) in [5.41, 5.74) is 0. The molecular weight excluding hydrogens is 223 g/mol. The van der Waals surface area contributed by atoms with Crippen LogP contribution in [0.3, 0.4) is 0 Å². The normalized spacial score (nSPS) is 9.94. The molecule has 0 aromatic rings. The molecule has 0 heterocycles. The zero-order valence-electron chi connectivity index (χ0n) is 10.8. The van der Waals surface area contributed by atoms with Crippen LogP contribution < -0.4 is 0 Å². The van der Waals surface area contributed by atoms with Gasteiger partial charge < -0.3 is 5.11 Å². The first-order valence-electron chi connectivity index (χ1n) is 6.99. The van der Waals surface area contributed by atoms with Crippen LogP contribution in [0.4, 0.5) is 0 Å². The van der Waals surface area contributed by atoms with Gasteiger partial charge in [-0.25, -0.2) is 0 Å². The number of carboxylic acid groups (broad SMARTS) is 1.